The summed E-state index contributed by atoms with van der Waals surface area (Å²) in [6, 6.07) is 3.37. The van der Waals surface area contributed by atoms with Gasteiger partial charge >= 0.3 is 5.97 Å². The highest BCUT2D eigenvalue weighted by Crippen LogP contribution is 2.44. The molecule has 1 N–H and O–H groups in total. The number of esters is 1. The standard InChI is InChI=1S/C16H14FNO5/c1-4-7-23-9-18-13-6-5-11(17)8-12(13)16(21,15(18)20)10(2)14(19)22-3/h1,5-6,8,21H,2,7,9H2,3H3. The van der Waals surface area contributed by atoms with Gasteiger partial charge in [0.15, 0.2) is 0 Å². The molecular weight excluding hydrogens is 305 g/mol. The van der Waals surface area contributed by atoms with Crippen LogP contribution >= 0.6 is 0 Å². The van der Waals surface area contributed by atoms with Gasteiger partial charge in [-0.1, -0.05) is 12.5 Å². The molecule has 120 valence electrons. The van der Waals surface area contributed by atoms with Crippen molar-refractivity contribution in [3.8, 4) is 12.3 Å². The Morgan fingerprint density at radius 3 is 2.87 bits per heavy atom. The van der Waals surface area contributed by atoms with Crippen LogP contribution in [-0.2, 0) is 24.7 Å². The molecule has 1 aromatic rings. The quantitative estimate of drug-likeness (QED) is 0.374. The van der Waals surface area contributed by atoms with Crippen molar-refractivity contribution in [2.45, 2.75) is 5.60 Å². The zero-order valence-electron chi connectivity index (χ0n) is 12.3. The van der Waals surface area contributed by atoms with Crippen LogP contribution in [0.25, 0.3) is 0 Å². The Hall–Kier alpha value is -2.69. The minimum absolute atomic E-state index is 0.0588. The number of ether oxygens (including phenoxy) is 2. The zero-order valence-corrected chi connectivity index (χ0v) is 12.3. The molecule has 1 amide bonds. The first-order valence-electron chi connectivity index (χ1n) is 6.51. The van der Waals surface area contributed by atoms with Crippen molar-refractivity contribution < 1.29 is 28.6 Å². The molecule has 0 aromatic heterocycles. The van der Waals surface area contributed by atoms with Gasteiger partial charge in [-0.25, -0.2) is 9.18 Å². The summed E-state index contributed by atoms with van der Waals surface area (Å²) in [5.74, 6) is -0.327. The molecule has 1 unspecified atom stereocenters. The van der Waals surface area contributed by atoms with Crippen molar-refractivity contribution in [1.29, 1.82) is 0 Å². The number of rotatable bonds is 5. The molecule has 0 radical (unpaired) electrons. The van der Waals surface area contributed by atoms with E-state index in [1.165, 1.54) is 6.07 Å². The maximum absolute atomic E-state index is 13.6. The maximum Gasteiger partial charge on any atom is 0.336 e. The summed E-state index contributed by atoms with van der Waals surface area (Å²) in [5.41, 5.74) is -2.86. The fraction of sp³-hybridized carbons (Fsp3) is 0.250. The van der Waals surface area contributed by atoms with Gasteiger partial charge in [0.05, 0.1) is 18.4 Å². The lowest BCUT2D eigenvalue weighted by Crippen LogP contribution is -2.44. The van der Waals surface area contributed by atoms with Gasteiger partial charge in [-0.3, -0.25) is 9.69 Å². The van der Waals surface area contributed by atoms with Crippen LogP contribution in [0.3, 0.4) is 0 Å². The third-order valence-corrected chi connectivity index (χ3v) is 3.47. The molecule has 0 fully saturated rings. The number of hydrogen-bond acceptors (Lipinski definition) is 5. The lowest BCUT2D eigenvalue weighted by atomic mass is 9.88. The van der Waals surface area contributed by atoms with Crippen molar-refractivity contribution in [3.05, 3.63) is 41.7 Å². The van der Waals surface area contributed by atoms with Crippen molar-refractivity contribution >= 4 is 17.6 Å². The minimum Gasteiger partial charge on any atom is -0.466 e. The van der Waals surface area contributed by atoms with Crippen LogP contribution in [0.4, 0.5) is 10.1 Å². The fourth-order valence-corrected chi connectivity index (χ4v) is 2.34. The second-order valence-corrected chi connectivity index (χ2v) is 4.76. The molecule has 0 aliphatic carbocycles. The summed E-state index contributed by atoms with van der Waals surface area (Å²) in [4.78, 5) is 25.4. The average molecular weight is 319 g/mol. The zero-order chi connectivity index (χ0) is 17.2. The van der Waals surface area contributed by atoms with E-state index >= 15 is 0 Å². The summed E-state index contributed by atoms with van der Waals surface area (Å²) >= 11 is 0. The summed E-state index contributed by atoms with van der Waals surface area (Å²) < 4.78 is 23.2. The Bertz CT molecular complexity index is 724. The molecule has 0 bridgehead atoms. The van der Waals surface area contributed by atoms with E-state index in [4.69, 9.17) is 11.2 Å². The third kappa shape index (κ3) is 2.59. The molecule has 1 aromatic carbocycles. The van der Waals surface area contributed by atoms with Gasteiger partial charge in [-0.2, -0.15) is 0 Å². The monoisotopic (exact) mass is 319 g/mol. The van der Waals surface area contributed by atoms with Gasteiger partial charge in [-0.15, -0.1) is 6.42 Å². The number of methoxy groups -OCH3 is 1. The van der Waals surface area contributed by atoms with Crippen molar-refractivity contribution in [3.63, 3.8) is 0 Å². The number of halogens is 1. The van der Waals surface area contributed by atoms with Gasteiger partial charge in [0.2, 0.25) is 5.60 Å². The largest absolute Gasteiger partial charge is 0.466 e. The van der Waals surface area contributed by atoms with Gasteiger partial charge in [0.1, 0.15) is 19.2 Å². The first kappa shape index (κ1) is 16.7. The Labute approximate surface area is 132 Å². The smallest absolute Gasteiger partial charge is 0.336 e. The first-order valence-corrected chi connectivity index (χ1v) is 6.51. The number of benzene rings is 1. The summed E-state index contributed by atoms with van der Waals surface area (Å²) in [6.45, 7) is 3.10. The molecule has 1 heterocycles. The number of anilines is 1. The maximum atomic E-state index is 13.6. The van der Waals surface area contributed by atoms with E-state index in [-0.39, 0.29) is 24.6 Å². The Morgan fingerprint density at radius 2 is 2.26 bits per heavy atom. The molecule has 0 spiro atoms. The van der Waals surface area contributed by atoms with Crippen molar-refractivity contribution in [2.75, 3.05) is 25.3 Å². The van der Waals surface area contributed by atoms with Crippen LogP contribution < -0.4 is 4.90 Å². The summed E-state index contributed by atoms with van der Waals surface area (Å²) in [5, 5.41) is 10.8. The van der Waals surface area contributed by atoms with Crippen LogP contribution in [0.15, 0.2) is 30.4 Å². The van der Waals surface area contributed by atoms with Crippen LogP contribution in [0.1, 0.15) is 5.56 Å². The van der Waals surface area contributed by atoms with Gasteiger partial charge < -0.3 is 14.6 Å². The first-order chi connectivity index (χ1) is 10.9. The third-order valence-electron chi connectivity index (χ3n) is 3.47. The number of carbonyl (C=O) groups excluding carboxylic acids is 2. The Morgan fingerprint density at radius 1 is 1.57 bits per heavy atom. The molecule has 0 saturated carbocycles. The number of aliphatic hydroxyl groups is 1. The van der Waals surface area contributed by atoms with Crippen molar-refractivity contribution in [2.24, 2.45) is 0 Å². The Balaban J connectivity index is 2.51. The lowest BCUT2D eigenvalue weighted by molar-refractivity contribution is -0.144. The predicted octanol–water partition coefficient (Wildman–Crippen LogP) is 0.696. The van der Waals surface area contributed by atoms with Gasteiger partial charge in [-0.05, 0) is 18.2 Å². The number of nitrogens with zero attached hydrogens (tertiary/aromatic N) is 1. The Kier molecular flexibility index (Phi) is 4.50. The van der Waals surface area contributed by atoms with Crippen LogP contribution in [0, 0.1) is 18.2 Å². The summed E-state index contributed by atoms with van der Waals surface area (Å²) in [6.07, 6.45) is 5.07. The molecule has 23 heavy (non-hydrogen) atoms. The predicted molar refractivity (Wildman–Crippen MR) is 78.6 cm³/mol. The molecule has 7 heteroatoms. The molecule has 6 nitrogen and oxygen atoms in total. The molecule has 1 aliphatic rings. The molecule has 1 aliphatic heterocycles. The topological polar surface area (TPSA) is 76.1 Å². The van der Waals surface area contributed by atoms with E-state index in [0.29, 0.717) is 0 Å². The van der Waals surface area contributed by atoms with E-state index < -0.39 is 28.9 Å². The van der Waals surface area contributed by atoms with E-state index in [2.05, 4.69) is 17.2 Å². The van der Waals surface area contributed by atoms with Gasteiger partial charge in [0, 0.05) is 5.56 Å². The molecular formula is C16H14FNO5. The number of terminal acetylenes is 1. The second-order valence-electron chi connectivity index (χ2n) is 4.76. The molecule has 1 atom stereocenters. The fourth-order valence-electron chi connectivity index (χ4n) is 2.34. The molecule has 2 rings (SSSR count). The number of amides is 1. The molecule has 0 saturated heterocycles. The highest BCUT2D eigenvalue weighted by atomic mass is 19.1. The van der Waals surface area contributed by atoms with Gasteiger partial charge in [0.25, 0.3) is 5.91 Å². The average Bonchev–Trinajstić information content (AvgIpc) is 2.76. The highest BCUT2D eigenvalue weighted by Gasteiger charge is 2.54. The highest BCUT2D eigenvalue weighted by molar-refractivity contribution is 6.13. The normalized spacial score (nSPS) is 19.2. The van der Waals surface area contributed by atoms with E-state index in [9.17, 15) is 19.1 Å². The SMILES string of the molecule is C#CCOCN1C(=O)C(O)(C(=C)C(=O)OC)c2cc(F)ccc21. The van der Waals surface area contributed by atoms with Crippen molar-refractivity contribution in [1.82, 2.24) is 0 Å². The van der Waals surface area contributed by atoms with E-state index in [1.807, 2.05) is 0 Å². The van der Waals surface area contributed by atoms with Crippen LogP contribution in [0.2, 0.25) is 0 Å². The lowest BCUT2D eigenvalue weighted by Gasteiger charge is -2.23. The number of fused-ring (bicyclic) bond motifs is 1. The number of carbonyl (C=O) groups is 2. The van der Waals surface area contributed by atoms with E-state index in [1.54, 1.807) is 0 Å². The van der Waals surface area contributed by atoms with E-state index in [0.717, 1.165) is 24.1 Å². The minimum atomic E-state index is -2.43. The number of hydrogen-bond donors (Lipinski definition) is 1. The second kappa shape index (κ2) is 6.20. The van der Waals surface area contributed by atoms with Crippen LogP contribution in [0.5, 0.6) is 0 Å². The summed E-state index contributed by atoms with van der Waals surface area (Å²) in [7, 11) is 1.08. The van der Waals surface area contributed by atoms with Crippen LogP contribution in [-0.4, -0.2) is 37.4 Å².